The van der Waals surface area contributed by atoms with Crippen LogP contribution in [0.2, 0.25) is 0 Å². The van der Waals surface area contributed by atoms with Crippen molar-refractivity contribution in [1.82, 2.24) is 19.9 Å². The summed E-state index contributed by atoms with van der Waals surface area (Å²) >= 11 is 0. The molecule has 25 heavy (non-hydrogen) atoms. The number of carbonyl (C=O) groups is 1. The number of amides is 1. The van der Waals surface area contributed by atoms with Gasteiger partial charge in [-0.25, -0.2) is 9.50 Å². The number of nitrogens with one attached hydrogen (secondary N) is 1. The van der Waals surface area contributed by atoms with Crippen molar-refractivity contribution < 1.29 is 4.79 Å². The summed E-state index contributed by atoms with van der Waals surface area (Å²) in [7, 11) is 0. The van der Waals surface area contributed by atoms with E-state index in [0.29, 0.717) is 5.56 Å². The van der Waals surface area contributed by atoms with Gasteiger partial charge < -0.3 is 5.32 Å². The molecule has 1 amide bonds. The van der Waals surface area contributed by atoms with Gasteiger partial charge >= 0.3 is 0 Å². The van der Waals surface area contributed by atoms with Gasteiger partial charge in [0, 0.05) is 17.8 Å². The SMILES string of the molecule is CC[C@H](C)NC(=O)c1cnc2c(-c3cccc(C)c3)c(C)nn2c1C. The van der Waals surface area contributed by atoms with E-state index >= 15 is 0 Å². The van der Waals surface area contributed by atoms with E-state index in [4.69, 9.17) is 0 Å². The molecule has 0 fully saturated rings. The first-order valence-corrected chi connectivity index (χ1v) is 8.65. The molecular formula is C20H24N4O. The first kappa shape index (κ1) is 17.1. The molecular weight excluding hydrogens is 312 g/mol. The lowest BCUT2D eigenvalue weighted by Gasteiger charge is -2.13. The van der Waals surface area contributed by atoms with Gasteiger partial charge in [-0.15, -0.1) is 0 Å². The molecule has 5 heteroatoms. The number of benzene rings is 1. The largest absolute Gasteiger partial charge is 0.349 e. The van der Waals surface area contributed by atoms with E-state index in [1.807, 2.05) is 33.8 Å². The van der Waals surface area contributed by atoms with Gasteiger partial charge in [0.05, 0.1) is 17.0 Å². The number of rotatable bonds is 4. The first-order chi connectivity index (χ1) is 11.9. The van der Waals surface area contributed by atoms with Crippen LogP contribution < -0.4 is 5.32 Å². The molecule has 0 bridgehead atoms. The van der Waals surface area contributed by atoms with Gasteiger partial charge in [-0.3, -0.25) is 4.79 Å². The molecule has 1 atom stereocenters. The molecule has 3 aromatic rings. The predicted molar refractivity (Wildman–Crippen MR) is 99.9 cm³/mol. The van der Waals surface area contributed by atoms with E-state index in [1.54, 1.807) is 10.7 Å². The molecule has 2 aromatic heterocycles. The van der Waals surface area contributed by atoms with Gasteiger partial charge in [0.15, 0.2) is 5.65 Å². The number of nitrogens with zero attached hydrogens (tertiary/aromatic N) is 3. The van der Waals surface area contributed by atoms with Crippen LogP contribution in [-0.4, -0.2) is 26.5 Å². The van der Waals surface area contributed by atoms with Crippen molar-refractivity contribution in [3.05, 3.63) is 53.0 Å². The van der Waals surface area contributed by atoms with E-state index in [1.165, 1.54) is 5.56 Å². The Balaban J connectivity index is 2.11. The summed E-state index contributed by atoms with van der Waals surface area (Å²) in [5.41, 5.74) is 6.34. The van der Waals surface area contributed by atoms with E-state index in [-0.39, 0.29) is 11.9 Å². The van der Waals surface area contributed by atoms with E-state index in [0.717, 1.165) is 34.6 Å². The molecule has 0 aliphatic carbocycles. The molecule has 1 N–H and O–H groups in total. The minimum atomic E-state index is -0.105. The second kappa shape index (κ2) is 6.67. The number of fused-ring (bicyclic) bond motifs is 1. The van der Waals surface area contributed by atoms with E-state index in [2.05, 4.69) is 40.5 Å². The summed E-state index contributed by atoms with van der Waals surface area (Å²) in [5, 5.41) is 7.63. The van der Waals surface area contributed by atoms with Gasteiger partial charge in [0.2, 0.25) is 0 Å². The maximum atomic E-state index is 12.5. The number of aryl methyl sites for hydroxylation is 3. The monoisotopic (exact) mass is 336 g/mol. The Morgan fingerprint density at radius 1 is 1.28 bits per heavy atom. The van der Waals surface area contributed by atoms with Crippen LogP contribution in [0.25, 0.3) is 16.8 Å². The van der Waals surface area contributed by atoms with Crippen molar-refractivity contribution in [1.29, 1.82) is 0 Å². The third kappa shape index (κ3) is 3.14. The molecule has 3 rings (SSSR count). The van der Waals surface area contributed by atoms with Crippen LogP contribution >= 0.6 is 0 Å². The molecule has 0 unspecified atom stereocenters. The van der Waals surface area contributed by atoms with Crippen LogP contribution in [-0.2, 0) is 0 Å². The molecule has 1 aromatic carbocycles. The zero-order valence-electron chi connectivity index (χ0n) is 15.4. The van der Waals surface area contributed by atoms with Gasteiger partial charge in [0.1, 0.15) is 0 Å². The summed E-state index contributed by atoms with van der Waals surface area (Å²) in [4.78, 5) is 17.1. The summed E-state index contributed by atoms with van der Waals surface area (Å²) in [6, 6.07) is 8.43. The van der Waals surface area contributed by atoms with Crippen molar-refractivity contribution in [2.45, 2.75) is 47.1 Å². The third-order valence-corrected chi connectivity index (χ3v) is 4.60. The minimum Gasteiger partial charge on any atom is -0.349 e. The molecule has 130 valence electrons. The lowest BCUT2D eigenvalue weighted by atomic mass is 10.0. The molecule has 2 heterocycles. The number of carbonyl (C=O) groups excluding carboxylic acids is 1. The topological polar surface area (TPSA) is 59.3 Å². The van der Waals surface area contributed by atoms with Crippen molar-refractivity contribution in [2.75, 3.05) is 0 Å². The predicted octanol–water partition coefficient (Wildman–Crippen LogP) is 3.85. The number of aromatic nitrogens is 3. The highest BCUT2D eigenvalue weighted by molar-refractivity contribution is 5.95. The standard InChI is InChI=1S/C20H24N4O/c1-6-13(3)22-20(25)17-11-21-19-18(14(4)23-24(19)15(17)5)16-9-7-8-12(2)10-16/h7-11,13H,6H2,1-5H3,(H,22,25)/t13-/m0/s1. The van der Waals surface area contributed by atoms with Gasteiger partial charge in [-0.2, -0.15) is 5.10 Å². The van der Waals surface area contributed by atoms with E-state index in [9.17, 15) is 4.79 Å². The Morgan fingerprint density at radius 2 is 2.04 bits per heavy atom. The second-order valence-corrected chi connectivity index (χ2v) is 6.61. The maximum absolute atomic E-state index is 12.5. The highest BCUT2D eigenvalue weighted by Gasteiger charge is 2.19. The highest BCUT2D eigenvalue weighted by atomic mass is 16.1. The fraction of sp³-hybridized carbons (Fsp3) is 0.350. The van der Waals surface area contributed by atoms with Crippen molar-refractivity contribution >= 4 is 11.6 Å². The Bertz CT molecular complexity index is 942. The van der Waals surface area contributed by atoms with Gasteiger partial charge in [-0.05, 0) is 39.7 Å². The van der Waals surface area contributed by atoms with Gasteiger partial charge in [-0.1, -0.05) is 36.8 Å². The van der Waals surface area contributed by atoms with Crippen LogP contribution in [0.3, 0.4) is 0 Å². The van der Waals surface area contributed by atoms with Crippen LogP contribution in [0.15, 0.2) is 30.5 Å². The summed E-state index contributed by atoms with van der Waals surface area (Å²) in [6.07, 6.45) is 2.54. The zero-order chi connectivity index (χ0) is 18.1. The minimum absolute atomic E-state index is 0.105. The lowest BCUT2D eigenvalue weighted by Crippen LogP contribution is -2.32. The normalized spacial score (nSPS) is 12.4. The maximum Gasteiger partial charge on any atom is 0.254 e. The number of hydrogen-bond acceptors (Lipinski definition) is 3. The van der Waals surface area contributed by atoms with E-state index < -0.39 is 0 Å². The molecule has 0 aliphatic rings. The average molecular weight is 336 g/mol. The van der Waals surface area contributed by atoms with Crippen LogP contribution in [0.5, 0.6) is 0 Å². The highest BCUT2D eigenvalue weighted by Crippen LogP contribution is 2.28. The molecule has 0 spiro atoms. The molecule has 5 nitrogen and oxygen atoms in total. The van der Waals surface area contributed by atoms with Crippen LogP contribution in [0, 0.1) is 20.8 Å². The molecule has 0 saturated carbocycles. The Kier molecular flexibility index (Phi) is 4.57. The summed E-state index contributed by atoms with van der Waals surface area (Å²) in [5.74, 6) is -0.105. The lowest BCUT2D eigenvalue weighted by molar-refractivity contribution is 0.0937. The summed E-state index contributed by atoms with van der Waals surface area (Å²) in [6.45, 7) is 10.00. The first-order valence-electron chi connectivity index (χ1n) is 8.65. The Labute approximate surface area is 148 Å². The fourth-order valence-corrected chi connectivity index (χ4v) is 2.97. The smallest absolute Gasteiger partial charge is 0.254 e. The van der Waals surface area contributed by atoms with Crippen LogP contribution in [0.1, 0.15) is 47.6 Å². The molecule has 0 radical (unpaired) electrons. The zero-order valence-corrected chi connectivity index (χ0v) is 15.4. The van der Waals surface area contributed by atoms with Crippen LogP contribution in [0.4, 0.5) is 0 Å². The quantitative estimate of drug-likeness (QED) is 0.787. The summed E-state index contributed by atoms with van der Waals surface area (Å²) < 4.78 is 1.78. The third-order valence-electron chi connectivity index (χ3n) is 4.60. The van der Waals surface area contributed by atoms with Crippen molar-refractivity contribution in [3.8, 4) is 11.1 Å². The Hall–Kier alpha value is -2.69. The van der Waals surface area contributed by atoms with Crippen molar-refractivity contribution in [3.63, 3.8) is 0 Å². The Morgan fingerprint density at radius 3 is 2.72 bits per heavy atom. The average Bonchev–Trinajstić information content (AvgIpc) is 2.92. The van der Waals surface area contributed by atoms with Gasteiger partial charge in [0.25, 0.3) is 5.91 Å². The second-order valence-electron chi connectivity index (χ2n) is 6.61. The molecule has 0 aliphatic heterocycles. The molecule has 0 saturated heterocycles. The fourth-order valence-electron chi connectivity index (χ4n) is 2.97. The van der Waals surface area contributed by atoms with Crippen molar-refractivity contribution in [2.24, 2.45) is 0 Å². The number of hydrogen-bond donors (Lipinski definition) is 1.